The third-order valence-electron chi connectivity index (χ3n) is 3.77. The van der Waals surface area contributed by atoms with Crippen LogP contribution in [-0.4, -0.2) is 61.3 Å². The van der Waals surface area contributed by atoms with Crippen LogP contribution in [0.4, 0.5) is 0 Å². The Morgan fingerprint density at radius 3 is 2.78 bits per heavy atom. The fraction of sp³-hybridized carbons (Fsp3) is 1.00. The van der Waals surface area contributed by atoms with Crippen LogP contribution in [0, 0.1) is 5.41 Å². The van der Waals surface area contributed by atoms with Gasteiger partial charge >= 0.3 is 0 Å². The smallest absolute Gasteiger partial charge is 0.0594 e. The van der Waals surface area contributed by atoms with E-state index in [9.17, 15) is 0 Å². The molecule has 2 fully saturated rings. The molecule has 0 saturated carbocycles. The molecular weight excluding hydrogens is 244 g/mol. The van der Waals surface area contributed by atoms with Gasteiger partial charge in [0.15, 0.2) is 0 Å². The van der Waals surface area contributed by atoms with Crippen LogP contribution < -0.4 is 5.32 Å². The molecule has 0 aromatic carbocycles. The topological polar surface area (TPSA) is 24.5 Å². The van der Waals surface area contributed by atoms with Crippen molar-refractivity contribution in [2.75, 3.05) is 44.4 Å². The first-order valence-corrected chi connectivity index (χ1v) is 8.34. The summed E-state index contributed by atoms with van der Waals surface area (Å²) in [4.78, 5) is 2.52. The highest BCUT2D eigenvalue weighted by Crippen LogP contribution is 2.33. The molecule has 0 radical (unpaired) electrons. The molecule has 0 spiro atoms. The standard InChI is InChI=1S/C14H28N2OS/c1-12(9-16-4-6-17-7-5-16)15-13-8-14(2,3)11-18-10-13/h12-13,15H,4-11H2,1-3H3. The van der Waals surface area contributed by atoms with Gasteiger partial charge in [-0.1, -0.05) is 13.8 Å². The van der Waals surface area contributed by atoms with Crippen LogP contribution in [0.15, 0.2) is 0 Å². The van der Waals surface area contributed by atoms with Gasteiger partial charge in [-0.05, 0) is 24.5 Å². The van der Waals surface area contributed by atoms with Crippen LogP contribution in [0.5, 0.6) is 0 Å². The molecule has 2 saturated heterocycles. The molecule has 2 atom stereocenters. The Kier molecular flexibility index (Phi) is 5.36. The van der Waals surface area contributed by atoms with Gasteiger partial charge < -0.3 is 10.1 Å². The molecular formula is C14H28N2OS. The molecule has 2 unspecified atom stereocenters. The summed E-state index contributed by atoms with van der Waals surface area (Å²) in [7, 11) is 0. The molecule has 1 N–H and O–H groups in total. The van der Waals surface area contributed by atoms with Crippen LogP contribution in [-0.2, 0) is 4.74 Å². The van der Waals surface area contributed by atoms with E-state index in [-0.39, 0.29) is 0 Å². The largest absolute Gasteiger partial charge is 0.379 e. The molecule has 2 aliphatic rings. The van der Waals surface area contributed by atoms with E-state index in [1.54, 1.807) is 0 Å². The Balaban J connectivity index is 1.71. The maximum Gasteiger partial charge on any atom is 0.0594 e. The van der Waals surface area contributed by atoms with E-state index < -0.39 is 0 Å². The van der Waals surface area contributed by atoms with Gasteiger partial charge in [0.2, 0.25) is 0 Å². The van der Waals surface area contributed by atoms with Gasteiger partial charge in [0.1, 0.15) is 0 Å². The van der Waals surface area contributed by atoms with Crippen LogP contribution >= 0.6 is 11.8 Å². The zero-order chi connectivity index (χ0) is 13.0. The van der Waals surface area contributed by atoms with Gasteiger partial charge in [0, 0.05) is 37.5 Å². The summed E-state index contributed by atoms with van der Waals surface area (Å²) in [6.07, 6.45) is 1.31. The molecule has 2 heterocycles. The van der Waals surface area contributed by atoms with E-state index in [0.717, 1.165) is 32.8 Å². The van der Waals surface area contributed by atoms with E-state index in [1.165, 1.54) is 17.9 Å². The molecule has 2 aliphatic heterocycles. The second-order valence-electron chi connectivity index (χ2n) is 6.56. The third kappa shape index (κ3) is 4.72. The lowest BCUT2D eigenvalue weighted by Gasteiger charge is -2.37. The Labute approximate surface area is 116 Å². The average molecular weight is 272 g/mol. The normalized spacial score (nSPS) is 31.2. The van der Waals surface area contributed by atoms with Crippen molar-refractivity contribution in [3.05, 3.63) is 0 Å². The van der Waals surface area contributed by atoms with Crippen LogP contribution in [0.25, 0.3) is 0 Å². The van der Waals surface area contributed by atoms with Crippen molar-refractivity contribution in [2.45, 2.75) is 39.3 Å². The SMILES string of the molecule is CC(CN1CCOCC1)NC1CSCC(C)(C)C1. The fourth-order valence-electron chi connectivity index (χ4n) is 3.00. The van der Waals surface area contributed by atoms with Crippen molar-refractivity contribution in [3.63, 3.8) is 0 Å². The van der Waals surface area contributed by atoms with Gasteiger partial charge in [-0.25, -0.2) is 0 Å². The fourth-order valence-corrected chi connectivity index (χ4v) is 4.28. The molecule has 4 heteroatoms. The van der Waals surface area contributed by atoms with Gasteiger partial charge in [0.25, 0.3) is 0 Å². The Bertz CT molecular complexity index is 254. The molecule has 3 nitrogen and oxygen atoms in total. The van der Waals surface area contributed by atoms with Gasteiger partial charge in [-0.15, -0.1) is 0 Å². The van der Waals surface area contributed by atoms with Crippen molar-refractivity contribution in [1.82, 2.24) is 10.2 Å². The van der Waals surface area contributed by atoms with Gasteiger partial charge in [-0.2, -0.15) is 11.8 Å². The number of rotatable bonds is 4. The second-order valence-corrected chi connectivity index (χ2v) is 7.59. The predicted octanol–water partition coefficient (Wildman–Crippen LogP) is 1.83. The summed E-state index contributed by atoms with van der Waals surface area (Å²) < 4.78 is 5.39. The minimum absolute atomic E-state index is 0.499. The number of ether oxygens (including phenoxy) is 1. The minimum atomic E-state index is 0.499. The Morgan fingerprint density at radius 1 is 1.39 bits per heavy atom. The van der Waals surface area contributed by atoms with Crippen molar-refractivity contribution in [3.8, 4) is 0 Å². The highest BCUT2D eigenvalue weighted by atomic mass is 32.2. The molecule has 106 valence electrons. The van der Waals surface area contributed by atoms with Crippen molar-refractivity contribution in [2.24, 2.45) is 5.41 Å². The number of nitrogens with zero attached hydrogens (tertiary/aromatic N) is 1. The highest BCUT2D eigenvalue weighted by molar-refractivity contribution is 7.99. The number of hydrogen-bond donors (Lipinski definition) is 1. The molecule has 2 rings (SSSR count). The van der Waals surface area contributed by atoms with E-state index in [4.69, 9.17) is 4.74 Å². The number of thioether (sulfide) groups is 1. The van der Waals surface area contributed by atoms with Crippen LogP contribution in [0.1, 0.15) is 27.2 Å². The average Bonchev–Trinajstić information content (AvgIpc) is 2.28. The summed E-state index contributed by atoms with van der Waals surface area (Å²) >= 11 is 2.10. The van der Waals surface area contributed by atoms with Crippen molar-refractivity contribution in [1.29, 1.82) is 0 Å². The Morgan fingerprint density at radius 2 is 2.11 bits per heavy atom. The maximum atomic E-state index is 5.39. The predicted molar refractivity (Wildman–Crippen MR) is 79.4 cm³/mol. The lowest BCUT2D eigenvalue weighted by atomic mass is 9.87. The van der Waals surface area contributed by atoms with Crippen molar-refractivity contribution >= 4 is 11.8 Å². The summed E-state index contributed by atoms with van der Waals surface area (Å²) in [6, 6.07) is 1.28. The summed E-state index contributed by atoms with van der Waals surface area (Å²) in [5.74, 6) is 2.58. The minimum Gasteiger partial charge on any atom is -0.379 e. The van der Waals surface area contributed by atoms with E-state index in [2.05, 4.69) is 42.7 Å². The lowest BCUT2D eigenvalue weighted by Crippen LogP contribution is -2.50. The highest BCUT2D eigenvalue weighted by Gasteiger charge is 2.29. The first-order valence-electron chi connectivity index (χ1n) is 7.19. The van der Waals surface area contributed by atoms with Crippen molar-refractivity contribution < 1.29 is 4.74 Å². The molecule has 18 heavy (non-hydrogen) atoms. The summed E-state index contributed by atoms with van der Waals surface area (Å²) in [6.45, 7) is 12.2. The van der Waals surface area contributed by atoms with Crippen LogP contribution in [0.2, 0.25) is 0 Å². The summed E-state index contributed by atoms with van der Waals surface area (Å²) in [5.41, 5.74) is 0.499. The van der Waals surface area contributed by atoms with Crippen LogP contribution in [0.3, 0.4) is 0 Å². The summed E-state index contributed by atoms with van der Waals surface area (Å²) in [5, 5.41) is 3.82. The van der Waals surface area contributed by atoms with Gasteiger partial charge in [-0.3, -0.25) is 4.90 Å². The monoisotopic (exact) mass is 272 g/mol. The van der Waals surface area contributed by atoms with E-state index >= 15 is 0 Å². The first kappa shape index (κ1) is 14.6. The second kappa shape index (κ2) is 6.60. The zero-order valence-corrected chi connectivity index (χ0v) is 12.9. The molecule has 0 aromatic rings. The number of nitrogens with one attached hydrogen (secondary N) is 1. The zero-order valence-electron chi connectivity index (χ0n) is 12.1. The lowest BCUT2D eigenvalue weighted by molar-refractivity contribution is 0.0337. The number of morpholine rings is 1. The number of hydrogen-bond acceptors (Lipinski definition) is 4. The maximum absolute atomic E-state index is 5.39. The third-order valence-corrected chi connectivity index (χ3v) is 5.39. The quantitative estimate of drug-likeness (QED) is 0.844. The van der Waals surface area contributed by atoms with E-state index in [1.807, 2.05) is 0 Å². The molecule has 0 aromatic heterocycles. The first-order chi connectivity index (χ1) is 8.55. The van der Waals surface area contributed by atoms with Gasteiger partial charge in [0.05, 0.1) is 13.2 Å². The molecule has 0 bridgehead atoms. The molecule has 0 amide bonds. The van der Waals surface area contributed by atoms with E-state index in [0.29, 0.717) is 17.5 Å². The molecule has 0 aliphatic carbocycles. The Hall–Kier alpha value is 0.230.